The smallest absolute Gasteiger partial charge is 0.107 e. The van der Waals surface area contributed by atoms with E-state index in [0.29, 0.717) is 0 Å². The number of hydrogen-bond acceptors (Lipinski definition) is 4. The van der Waals surface area contributed by atoms with Crippen molar-refractivity contribution in [2.45, 2.75) is 26.4 Å². The van der Waals surface area contributed by atoms with E-state index in [4.69, 9.17) is 0 Å². The summed E-state index contributed by atoms with van der Waals surface area (Å²) in [6, 6.07) is 0. The van der Waals surface area contributed by atoms with Crippen LogP contribution in [-0.2, 0) is 13.1 Å². The Morgan fingerprint density at radius 1 is 1.50 bits per heavy atom. The maximum atomic E-state index is 4.37. The Morgan fingerprint density at radius 3 is 2.93 bits per heavy atom. The van der Waals surface area contributed by atoms with Crippen molar-refractivity contribution >= 4 is 11.3 Å². The predicted octanol–water partition coefficient (Wildman–Crippen LogP) is 1.70. The summed E-state index contributed by atoms with van der Waals surface area (Å²) in [5, 5.41) is 4.57. The van der Waals surface area contributed by atoms with E-state index < -0.39 is 0 Å². The summed E-state index contributed by atoms with van der Waals surface area (Å²) in [7, 11) is 4.13. The van der Waals surface area contributed by atoms with Crippen LogP contribution in [0.15, 0.2) is 6.20 Å². The molecule has 0 bridgehead atoms. The van der Waals surface area contributed by atoms with Crippen molar-refractivity contribution in [3.8, 4) is 0 Å². The fraction of sp³-hybridized carbons (Fsp3) is 0.700. The van der Waals surface area contributed by atoms with Gasteiger partial charge in [0.15, 0.2) is 0 Å². The molecule has 1 rings (SSSR count). The van der Waals surface area contributed by atoms with Crippen molar-refractivity contribution < 1.29 is 0 Å². The molecule has 0 atom stereocenters. The van der Waals surface area contributed by atoms with Gasteiger partial charge in [-0.15, -0.1) is 11.3 Å². The minimum Gasteiger partial charge on any atom is -0.312 e. The zero-order valence-corrected chi connectivity index (χ0v) is 10.0. The van der Waals surface area contributed by atoms with E-state index >= 15 is 0 Å². The maximum Gasteiger partial charge on any atom is 0.107 e. The van der Waals surface area contributed by atoms with Crippen molar-refractivity contribution in [3.63, 3.8) is 0 Å². The molecule has 1 aromatic heterocycles. The molecule has 0 saturated carbocycles. The standard InChI is InChI=1S/C10H19N3S/c1-4-5-11-6-9-7-12-10(14-9)8-13(2)3/h7,11H,4-6,8H2,1-3H3. The molecule has 0 unspecified atom stereocenters. The topological polar surface area (TPSA) is 28.2 Å². The molecule has 1 heterocycles. The average Bonchev–Trinajstić information content (AvgIpc) is 2.52. The minimum atomic E-state index is 0.943. The Balaban J connectivity index is 2.35. The van der Waals surface area contributed by atoms with Crippen LogP contribution in [0.5, 0.6) is 0 Å². The number of rotatable bonds is 6. The van der Waals surface area contributed by atoms with Crippen LogP contribution in [0.4, 0.5) is 0 Å². The molecule has 0 saturated heterocycles. The molecular weight excluding hydrogens is 194 g/mol. The van der Waals surface area contributed by atoms with Gasteiger partial charge in [-0.3, -0.25) is 0 Å². The summed E-state index contributed by atoms with van der Waals surface area (Å²) in [6.45, 7) is 5.16. The Bertz CT molecular complexity index is 258. The Hall–Kier alpha value is -0.450. The lowest BCUT2D eigenvalue weighted by Gasteiger charge is -2.04. The van der Waals surface area contributed by atoms with Gasteiger partial charge in [-0.25, -0.2) is 4.98 Å². The predicted molar refractivity (Wildman–Crippen MR) is 61.5 cm³/mol. The number of nitrogens with one attached hydrogen (secondary N) is 1. The summed E-state index contributed by atoms with van der Waals surface area (Å²) in [4.78, 5) is 7.84. The van der Waals surface area contributed by atoms with Gasteiger partial charge in [0.1, 0.15) is 5.01 Å². The highest BCUT2D eigenvalue weighted by Gasteiger charge is 2.02. The number of thiazole rings is 1. The summed E-state index contributed by atoms with van der Waals surface area (Å²) < 4.78 is 0. The second-order valence-corrected chi connectivity index (χ2v) is 4.83. The average molecular weight is 213 g/mol. The third kappa shape index (κ3) is 4.17. The molecule has 4 heteroatoms. The van der Waals surface area contributed by atoms with Gasteiger partial charge in [-0.1, -0.05) is 6.92 Å². The van der Waals surface area contributed by atoms with E-state index in [1.54, 1.807) is 11.3 Å². The Labute approximate surface area is 90.2 Å². The lowest BCUT2D eigenvalue weighted by atomic mass is 10.4. The molecule has 1 N–H and O–H groups in total. The zero-order valence-electron chi connectivity index (χ0n) is 9.21. The SMILES string of the molecule is CCCNCc1cnc(CN(C)C)s1. The van der Waals surface area contributed by atoms with Crippen LogP contribution in [0.2, 0.25) is 0 Å². The molecule has 0 aromatic carbocycles. The lowest BCUT2D eigenvalue weighted by Crippen LogP contribution is -2.12. The molecule has 1 aromatic rings. The van der Waals surface area contributed by atoms with Crippen LogP contribution < -0.4 is 5.32 Å². The van der Waals surface area contributed by atoms with Crippen LogP contribution in [0.25, 0.3) is 0 Å². The van der Waals surface area contributed by atoms with E-state index in [-0.39, 0.29) is 0 Å². The number of hydrogen-bond donors (Lipinski definition) is 1. The van der Waals surface area contributed by atoms with Crippen molar-refractivity contribution in [1.29, 1.82) is 0 Å². The zero-order chi connectivity index (χ0) is 10.4. The third-order valence-electron chi connectivity index (χ3n) is 1.78. The van der Waals surface area contributed by atoms with Crippen molar-refractivity contribution in [2.24, 2.45) is 0 Å². The Kier molecular flexibility index (Phi) is 5.07. The molecule has 0 aliphatic rings. The normalized spacial score (nSPS) is 11.1. The van der Waals surface area contributed by atoms with Gasteiger partial charge >= 0.3 is 0 Å². The van der Waals surface area contributed by atoms with Crippen molar-refractivity contribution in [1.82, 2.24) is 15.2 Å². The van der Waals surface area contributed by atoms with E-state index in [0.717, 1.165) is 19.6 Å². The maximum absolute atomic E-state index is 4.37. The molecule has 0 spiro atoms. The van der Waals surface area contributed by atoms with Gasteiger partial charge in [0.05, 0.1) is 0 Å². The number of aromatic nitrogens is 1. The first-order chi connectivity index (χ1) is 6.72. The van der Waals surface area contributed by atoms with Crippen molar-refractivity contribution in [3.05, 3.63) is 16.1 Å². The first kappa shape index (κ1) is 11.6. The molecule has 0 fully saturated rings. The monoisotopic (exact) mass is 213 g/mol. The quantitative estimate of drug-likeness (QED) is 0.729. The summed E-state index contributed by atoms with van der Waals surface area (Å²) in [6.07, 6.45) is 3.16. The lowest BCUT2D eigenvalue weighted by molar-refractivity contribution is 0.401. The highest BCUT2D eigenvalue weighted by Crippen LogP contribution is 2.13. The van der Waals surface area contributed by atoms with Crippen LogP contribution in [0, 0.1) is 0 Å². The van der Waals surface area contributed by atoms with E-state index in [1.165, 1.54) is 16.3 Å². The molecule has 80 valence electrons. The first-order valence-corrected chi connectivity index (χ1v) is 5.83. The van der Waals surface area contributed by atoms with Gasteiger partial charge in [-0.05, 0) is 27.1 Å². The second-order valence-electron chi connectivity index (χ2n) is 3.63. The largest absolute Gasteiger partial charge is 0.312 e. The molecule has 0 amide bonds. The fourth-order valence-electron chi connectivity index (χ4n) is 1.16. The molecule has 0 aliphatic heterocycles. The highest BCUT2D eigenvalue weighted by atomic mass is 32.1. The van der Waals surface area contributed by atoms with E-state index in [2.05, 4.69) is 36.2 Å². The highest BCUT2D eigenvalue weighted by molar-refractivity contribution is 7.11. The summed E-state index contributed by atoms with van der Waals surface area (Å²) in [5.74, 6) is 0. The van der Waals surface area contributed by atoms with Gasteiger partial charge in [-0.2, -0.15) is 0 Å². The van der Waals surface area contributed by atoms with Gasteiger partial charge < -0.3 is 10.2 Å². The minimum absolute atomic E-state index is 0.943. The molecule has 3 nitrogen and oxygen atoms in total. The van der Waals surface area contributed by atoms with Crippen LogP contribution >= 0.6 is 11.3 Å². The second kappa shape index (κ2) is 6.11. The van der Waals surface area contributed by atoms with E-state index in [1.807, 2.05) is 6.20 Å². The molecule has 0 aliphatic carbocycles. The van der Waals surface area contributed by atoms with Gasteiger partial charge in [0, 0.05) is 24.2 Å². The third-order valence-corrected chi connectivity index (χ3v) is 2.76. The fourth-order valence-corrected chi connectivity index (χ4v) is 2.17. The summed E-state index contributed by atoms with van der Waals surface area (Å²) >= 11 is 1.80. The van der Waals surface area contributed by atoms with Crippen LogP contribution in [0.1, 0.15) is 23.2 Å². The van der Waals surface area contributed by atoms with Gasteiger partial charge in [0.2, 0.25) is 0 Å². The summed E-state index contributed by atoms with van der Waals surface area (Å²) in [5.41, 5.74) is 0. The van der Waals surface area contributed by atoms with Crippen molar-refractivity contribution in [2.75, 3.05) is 20.6 Å². The molecule has 14 heavy (non-hydrogen) atoms. The number of nitrogens with zero attached hydrogens (tertiary/aromatic N) is 2. The molecular formula is C10H19N3S. The van der Waals surface area contributed by atoms with Crippen LogP contribution in [-0.4, -0.2) is 30.5 Å². The van der Waals surface area contributed by atoms with E-state index in [9.17, 15) is 0 Å². The van der Waals surface area contributed by atoms with Crippen LogP contribution in [0.3, 0.4) is 0 Å². The van der Waals surface area contributed by atoms with Gasteiger partial charge in [0.25, 0.3) is 0 Å². The Morgan fingerprint density at radius 2 is 2.29 bits per heavy atom. The first-order valence-electron chi connectivity index (χ1n) is 5.01. The molecule has 0 radical (unpaired) electrons.